The molecule has 1 amide bonds. The summed E-state index contributed by atoms with van der Waals surface area (Å²) in [5.74, 6) is 0.115. The highest BCUT2D eigenvalue weighted by Crippen LogP contribution is 2.38. The van der Waals surface area contributed by atoms with Gasteiger partial charge in [0.1, 0.15) is 0 Å². The molecule has 6 heteroatoms. The number of imidazole rings is 1. The Labute approximate surface area is 202 Å². The van der Waals surface area contributed by atoms with Crippen LogP contribution in [0.25, 0.3) is 28.2 Å². The number of benzene rings is 3. The van der Waals surface area contributed by atoms with Crippen molar-refractivity contribution in [1.82, 2.24) is 14.5 Å². The lowest BCUT2D eigenvalue weighted by molar-refractivity contribution is -0.113. The van der Waals surface area contributed by atoms with Gasteiger partial charge in [-0.05, 0) is 24.3 Å². The summed E-state index contributed by atoms with van der Waals surface area (Å²) >= 11 is 1.41. The van der Waals surface area contributed by atoms with E-state index in [1.54, 1.807) is 18.5 Å². The molecule has 5 aromatic rings. The van der Waals surface area contributed by atoms with Crippen molar-refractivity contribution in [3.8, 4) is 28.2 Å². The molecule has 34 heavy (non-hydrogen) atoms. The van der Waals surface area contributed by atoms with Crippen LogP contribution in [0.4, 0.5) is 5.69 Å². The smallest absolute Gasteiger partial charge is 0.234 e. The van der Waals surface area contributed by atoms with Crippen molar-refractivity contribution >= 4 is 23.4 Å². The first kappa shape index (κ1) is 21.7. The van der Waals surface area contributed by atoms with Gasteiger partial charge < -0.3 is 5.32 Å². The molecule has 0 aliphatic carbocycles. The summed E-state index contributed by atoms with van der Waals surface area (Å²) in [4.78, 5) is 21.8. The van der Waals surface area contributed by atoms with Gasteiger partial charge >= 0.3 is 0 Å². The first-order valence-electron chi connectivity index (χ1n) is 10.9. The number of nitrogens with one attached hydrogen (secondary N) is 1. The average molecular weight is 463 g/mol. The van der Waals surface area contributed by atoms with Crippen LogP contribution in [0.1, 0.15) is 0 Å². The molecule has 0 atom stereocenters. The standard InChI is InChI=1S/C28H22N4OS/c33-25(30-23-15-10-18-29-19-23)20-34-28-31-26(21-11-4-1-5-12-21)27(22-13-6-2-7-14-22)32(28)24-16-8-3-9-17-24/h1-19H,20H2,(H,30,33). The van der Waals surface area contributed by atoms with E-state index in [4.69, 9.17) is 4.98 Å². The molecule has 5 nitrogen and oxygen atoms in total. The molecule has 2 aromatic heterocycles. The fraction of sp³-hybridized carbons (Fsp3) is 0.0357. The zero-order chi connectivity index (χ0) is 23.2. The van der Waals surface area contributed by atoms with Crippen LogP contribution in [0, 0.1) is 0 Å². The first-order chi connectivity index (χ1) is 16.8. The van der Waals surface area contributed by atoms with Crippen molar-refractivity contribution < 1.29 is 4.79 Å². The normalized spacial score (nSPS) is 10.7. The third-order valence-corrected chi connectivity index (χ3v) is 6.17. The second-order valence-electron chi connectivity index (χ2n) is 7.57. The Bertz CT molecular complexity index is 1370. The molecule has 166 valence electrons. The summed E-state index contributed by atoms with van der Waals surface area (Å²) in [7, 11) is 0. The number of pyridine rings is 1. The lowest BCUT2D eigenvalue weighted by Crippen LogP contribution is -2.14. The number of anilines is 1. The fourth-order valence-electron chi connectivity index (χ4n) is 3.74. The van der Waals surface area contributed by atoms with Crippen molar-refractivity contribution in [3.63, 3.8) is 0 Å². The van der Waals surface area contributed by atoms with Crippen molar-refractivity contribution in [2.75, 3.05) is 11.1 Å². The predicted octanol–water partition coefficient (Wildman–Crippen LogP) is 6.33. The zero-order valence-electron chi connectivity index (χ0n) is 18.3. The third kappa shape index (κ3) is 4.77. The fourth-order valence-corrected chi connectivity index (χ4v) is 4.55. The molecule has 0 aliphatic heterocycles. The topological polar surface area (TPSA) is 59.8 Å². The minimum atomic E-state index is -0.108. The Balaban J connectivity index is 1.58. The Morgan fingerprint density at radius 3 is 2.09 bits per heavy atom. The van der Waals surface area contributed by atoms with Gasteiger partial charge in [-0.1, -0.05) is 90.6 Å². The molecule has 0 aliphatic rings. The minimum Gasteiger partial charge on any atom is -0.324 e. The van der Waals surface area contributed by atoms with Gasteiger partial charge in [-0.25, -0.2) is 4.98 Å². The number of thioether (sulfide) groups is 1. The molecule has 5 rings (SSSR count). The molecule has 0 unspecified atom stereocenters. The van der Waals surface area contributed by atoms with E-state index in [0.717, 1.165) is 33.4 Å². The Hall–Kier alpha value is -4.16. The summed E-state index contributed by atoms with van der Waals surface area (Å²) in [6, 6.07) is 34.1. The van der Waals surface area contributed by atoms with E-state index in [-0.39, 0.29) is 11.7 Å². The van der Waals surface area contributed by atoms with Gasteiger partial charge in [-0.15, -0.1) is 0 Å². The van der Waals surface area contributed by atoms with Crippen molar-refractivity contribution in [1.29, 1.82) is 0 Å². The van der Waals surface area contributed by atoms with Gasteiger partial charge in [0.25, 0.3) is 0 Å². The number of carbonyl (C=O) groups is 1. The summed E-state index contributed by atoms with van der Waals surface area (Å²) < 4.78 is 2.14. The molecular weight excluding hydrogens is 440 g/mol. The van der Waals surface area contributed by atoms with E-state index in [1.807, 2.05) is 60.7 Å². The second kappa shape index (κ2) is 10.2. The van der Waals surface area contributed by atoms with Gasteiger partial charge in [0, 0.05) is 23.0 Å². The minimum absolute atomic E-state index is 0.108. The number of carbonyl (C=O) groups excluding carboxylic acids is 1. The van der Waals surface area contributed by atoms with Crippen LogP contribution in [0.2, 0.25) is 0 Å². The Morgan fingerprint density at radius 1 is 0.794 bits per heavy atom. The monoisotopic (exact) mass is 462 g/mol. The molecule has 0 spiro atoms. The largest absolute Gasteiger partial charge is 0.324 e. The molecule has 1 N–H and O–H groups in total. The number of aromatic nitrogens is 3. The van der Waals surface area contributed by atoms with Crippen LogP contribution in [-0.4, -0.2) is 26.2 Å². The van der Waals surface area contributed by atoms with E-state index in [9.17, 15) is 4.79 Å². The lowest BCUT2D eigenvalue weighted by Gasteiger charge is -2.13. The van der Waals surface area contributed by atoms with Crippen LogP contribution in [0.3, 0.4) is 0 Å². The van der Waals surface area contributed by atoms with Crippen molar-refractivity contribution in [3.05, 3.63) is 116 Å². The highest BCUT2D eigenvalue weighted by Gasteiger charge is 2.22. The quantitative estimate of drug-likeness (QED) is 0.287. The van der Waals surface area contributed by atoms with Crippen molar-refractivity contribution in [2.45, 2.75) is 5.16 Å². The number of hydrogen-bond donors (Lipinski definition) is 1. The van der Waals surface area contributed by atoms with Crippen LogP contribution in [0.15, 0.2) is 121 Å². The lowest BCUT2D eigenvalue weighted by atomic mass is 10.0. The highest BCUT2D eigenvalue weighted by molar-refractivity contribution is 7.99. The molecule has 3 aromatic carbocycles. The maximum atomic E-state index is 12.7. The molecule has 0 fully saturated rings. The van der Waals surface area contributed by atoms with Gasteiger partial charge in [0.05, 0.1) is 29.0 Å². The highest BCUT2D eigenvalue weighted by atomic mass is 32.2. The van der Waals surface area contributed by atoms with Gasteiger partial charge in [0.2, 0.25) is 5.91 Å². The second-order valence-corrected chi connectivity index (χ2v) is 8.52. The van der Waals surface area contributed by atoms with E-state index >= 15 is 0 Å². The maximum absolute atomic E-state index is 12.7. The summed E-state index contributed by atoms with van der Waals surface area (Å²) in [6.45, 7) is 0. The molecule has 0 bridgehead atoms. The van der Waals surface area contributed by atoms with E-state index < -0.39 is 0 Å². The Morgan fingerprint density at radius 2 is 1.44 bits per heavy atom. The van der Waals surface area contributed by atoms with Crippen LogP contribution < -0.4 is 5.32 Å². The summed E-state index contributed by atoms with van der Waals surface area (Å²) in [6.07, 6.45) is 3.31. The van der Waals surface area contributed by atoms with Gasteiger partial charge in [0.15, 0.2) is 5.16 Å². The number of amides is 1. The zero-order valence-corrected chi connectivity index (χ0v) is 19.2. The van der Waals surface area contributed by atoms with E-state index in [2.05, 4.69) is 51.3 Å². The molecule has 0 saturated carbocycles. The van der Waals surface area contributed by atoms with Crippen LogP contribution in [-0.2, 0) is 4.79 Å². The molecular formula is C28H22N4OS. The number of rotatable bonds is 7. The maximum Gasteiger partial charge on any atom is 0.234 e. The molecule has 0 radical (unpaired) electrons. The van der Waals surface area contributed by atoms with Gasteiger partial charge in [-0.3, -0.25) is 14.3 Å². The Kier molecular flexibility index (Phi) is 6.49. The predicted molar refractivity (Wildman–Crippen MR) is 138 cm³/mol. The average Bonchev–Trinajstić information content (AvgIpc) is 3.29. The SMILES string of the molecule is O=C(CSc1nc(-c2ccccc2)c(-c2ccccc2)n1-c1ccccc1)Nc1cccnc1. The molecule has 0 saturated heterocycles. The van der Waals surface area contributed by atoms with Crippen LogP contribution >= 0.6 is 11.8 Å². The number of para-hydroxylation sites is 1. The summed E-state index contributed by atoms with van der Waals surface area (Å²) in [5, 5.41) is 3.65. The first-order valence-corrected chi connectivity index (χ1v) is 11.9. The van der Waals surface area contributed by atoms with Crippen molar-refractivity contribution in [2.24, 2.45) is 0 Å². The number of nitrogens with zero attached hydrogens (tertiary/aromatic N) is 3. The third-order valence-electron chi connectivity index (χ3n) is 5.23. The van der Waals surface area contributed by atoms with Gasteiger partial charge in [-0.2, -0.15) is 0 Å². The van der Waals surface area contributed by atoms with Crippen LogP contribution in [0.5, 0.6) is 0 Å². The molecule has 2 heterocycles. The summed E-state index contributed by atoms with van der Waals surface area (Å²) in [5.41, 5.74) is 5.63. The van der Waals surface area contributed by atoms with E-state index in [0.29, 0.717) is 5.69 Å². The number of hydrogen-bond acceptors (Lipinski definition) is 4. The van der Waals surface area contributed by atoms with E-state index in [1.165, 1.54) is 11.8 Å².